The predicted octanol–water partition coefficient (Wildman–Crippen LogP) is -3.14. The summed E-state index contributed by atoms with van der Waals surface area (Å²) in [5.41, 5.74) is 0. The van der Waals surface area contributed by atoms with Crippen LogP contribution in [0.25, 0.3) is 0 Å². The second-order valence-electron chi connectivity index (χ2n) is 0. The van der Waals surface area contributed by atoms with Crippen molar-refractivity contribution in [3.8, 4) is 0 Å². The van der Waals surface area contributed by atoms with Crippen LogP contribution in [0.5, 0.6) is 0 Å². The van der Waals surface area contributed by atoms with E-state index in [2.05, 4.69) is 0 Å². The Balaban J connectivity index is -0.000000000833. The van der Waals surface area contributed by atoms with Gasteiger partial charge in [-0.3, -0.25) is 0 Å². The van der Waals surface area contributed by atoms with Gasteiger partial charge in [0.1, 0.15) is 0 Å². The van der Waals surface area contributed by atoms with E-state index in [4.69, 9.17) is 2.69 Å². The second kappa shape index (κ2) is 36.3. The van der Waals surface area contributed by atoms with Crippen LogP contribution in [0.2, 0.25) is 0 Å². The molecule has 2 radical (unpaired) electrons. The fourth-order valence-corrected chi connectivity index (χ4v) is 0. The first kappa shape index (κ1) is 32.6. The van der Waals surface area contributed by atoms with Crippen LogP contribution in [0.1, 0.15) is 0 Å². The van der Waals surface area contributed by atoms with Crippen molar-refractivity contribution in [2.24, 2.45) is 0 Å². The van der Waals surface area contributed by atoms with Crippen LogP contribution in [0.3, 0.4) is 0 Å². The van der Waals surface area contributed by atoms with Crippen molar-refractivity contribution in [2.75, 3.05) is 0 Å². The van der Waals surface area contributed by atoms with Gasteiger partial charge >= 0.3 is 78.2 Å². The molecule has 0 saturated carbocycles. The van der Waals surface area contributed by atoms with E-state index in [0.717, 1.165) is 0 Å². The van der Waals surface area contributed by atoms with Crippen LogP contribution < -0.4 is 0 Å². The smallest absolute Gasteiger partial charge is 0 e. The molecule has 0 aliphatic carbocycles. The van der Waals surface area contributed by atoms with Crippen LogP contribution in [-0.4, -0.2) is 75.5 Å². The van der Waals surface area contributed by atoms with Gasteiger partial charge in [0.05, 0.1) is 0 Å². The van der Waals surface area contributed by atoms with Crippen LogP contribution >= 0.6 is 0 Å². The zero-order chi connectivity index (χ0) is 2.00. The molecule has 0 aliphatic rings. The first-order valence-corrected chi connectivity index (χ1v) is 1.79. The van der Waals surface area contributed by atoms with E-state index in [-0.39, 0.29) is 122 Å². The molecule has 0 rings (SSSR count). The predicted molar refractivity (Wildman–Crippen MR) is 27.7 cm³/mol. The minimum atomic E-state index is 0. The van der Waals surface area contributed by atoms with Crippen molar-refractivity contribution < 1.29 is 49.5 Å². The van der Waals surface area contributed by atoms with E-state index in [0.29, 0.717) is 0 Å². The fraction of sp³-hybridized carbons (Fsp3) is 0. The summed E-state index contributed by atoms with van der Waals surface area (Å²) in [5, 5.41) is 0. The molecule has 0 aliphatic heterocycles. The summed E-state index contributed by atoms with van der Waals surface area (Å²) in [5.74, 6) is 0. The van der Waals surface area contributed by atoms with Crippen molar-refractivity contribution in [1.82, 2.24) is 0 Å². The molecular weight excluding hydrogens is 635 g/mol. The quantitative estimate of drug-likeness (QED) is 0.256. The number of hydrogen-bond acceptors (Lipinski definition) is 1. The molecule has 0 heterocycles. The zero-order valence-electron chi connectivity index (χ0n) is 2.32. The molecule has 0 saturated heterocycles. The van der Waals surface area contributed by atoms with Crippen LogP contribution in [0, 0.1) is 0 Å². The summed E-state index contributed by atoms with van der Waals surface area (Å²) >= 11 is 0.0556. The largest absolute Gasteiger partial charge is 0 e. The SMILES string of the molecule is [Cd].[InH3].[O]=[Pb].[SnH4].[Zn]. The average Bonchev–Trinajstić information content (AvgIpc) is 1.00. The minimum Gasteiger partial charge on any atom is 0 e. The third-order valence-electron chi connectivity index (χ3n) is 0. The third-order valence-corrected chi connectivity index (χ3v) is 0. The van der Waals surface area contributed by atoms with Gasteiger partial charge in [-0.05, 0) is 0 Å². The Bertz CT molecular complexity index is 15.5. The second-order valence-corrected chi connectivity index (χ2v) is 0. The first-order chi connectivity index (χ1) is 1.00. The Morgan fingerprint density at radius 2 is 1.17 bits per heavy atom. The normalized spacial score (nSPS) is 0.667. The van der Waals surface area contributed by atoms with E-state index < -0.39 is 0 Å². The first-order valence-electron chi connectivity index (χ1n) is 0.204. The molecule has 6 heavy (non-hydrogen) atoms. The Labute approximate surface area is 122 Å². The third kappa shape index (κ3) is 24.6. The van der Waals surface area contributed by atoms with Gasteiger partial charge in [-0.15, -0.1) is 0 Å². The monoisotopic (exact) mass is 644 g/mol. The molecule has 28 valence electrons. The molecular formula is H7CdInOPbSnZn. The van der Waals surface area contributed by atoms with Crippen molar-refractivity contribution in [2.45, 2.75) is 0 Å². The van der Waals surface area contributed by atoms with Gasteiger partial charge in [-0.25, -0.2) is 0 Å². The summed E-state index contributed by atoms with van der Waals surface area (Å²) in [6, 6.07) is 0. The Hall–Kier alpha value is 3.94. The molecule has 0 N–H and O–H groups in total. The van der Waals surface area contributed by atoms with Gasteiger partial charge in [0.25, 0.3) is 0 Å². The van der Waals surface area contributed by atoms with Gasteiger partial charge in [0.2, 0.25) is 0 Å². The van der Waals surface area contributed by atoms with Crippen molar-refractivity contribution in [3.63, 3.8) is 0 Å². The summed E-state index contributed by atoms with van der Waals surface area (Å²) in [7, 11) is 0. The van der Waals surface area contributed by atoms with Gasteiger partial charge in [-0.2, -0.15) is 0 Å². The van der Waals surface area contributed by atoms with E-state index >= 15 is 0 Å². The van der Waals surface area contributed by atoms with Crippen molar-refractivity contribution >= 4 is 75.5 Å². The van der Waals surface area contributed by atoms with Crippen LogP contribution in [-0.2, 0) is 49.5 Å². The molecule has 0 amide bonds. The Morgan fingerprint density at radius 1 is 1.17 bits per heavy atom. The van der Waals surface area contributed by atoms with Gasteiger partial charge in [-0.1, -0.05) is 0 Å². The van der Waals surface area contributed by atoms with Crippen molar-refractivity contribution in [1.29, 1.82) is 0 Å². The molecule has 0 bridgehead atoms. The topological polar surface area (TPSA) is 17.1 Å². The maximum absolute atomic E-state index is 8.39. The minimum absolute atomic E-state index is 0. The maximum atomic E-state index is 8.39. The molecule has 0 aromatic rings. The van der Waals surface area contributed by atoms with E-state index in [1.807, 2.05) is 0 Å². The summed E-state index contributed by atoms with van der Waals surface area (Å²) in [6.45, 7) is 0. The molecule has 0 spiro atoms. The van der Waals surface area contributed by atoms with E-state index in [9.17, 15) is 0 Å². The van der Waals surface area contributed by atoms with Crippen molar-refractivity contribution in [3.05, 3.63) is 0 Å². The molecule has 6 heteroatoms. The molecule has 0 atom stereocenters. The Kier molecular flexibility index (Phi) is 197. The summed E-state index contributed by atoms with van der Waals surface area (Å²) < 4.78 is 8.39. The molecule has 0 unspecified atom stereocenters. The van der Waals surface area contributed by atoms with Gasteiger partial charge in [0.15, 0.2) is 0 Å². The molecule has 0 fully saturated rings. The van der Waals surface area contributed by atoms with E-state index in [1.165, 1.54) is 0 Å². The number of hydrogen-bond donors (Lipinski definition) is 0. The molecule has 0 aromatic carbocycles. The fourth-order valence-electron chi connectivity index (χ4n) is 0. The molecule has 0 aromatic heterocycles. The summed E-state index contributed by atoms with van der Waals surface area (Å²) in [6.07, 6.45) is 0. The average molecular weight is 642 g/mol. The van der Waals surface area contributed by atoms with E-state index in [1.54, 1.807) is 0 Å². The number of rotatable bonds is 0. The van der Waals surface area contributed by atoms with Crippen LogP contribution in [0.15, 0.2) is 0 Å². The standard InChI is InChI=1S/Cd.In.O.Pb.Sn.Zn.7H. The van der Waals surface area contributed by atoms with Gasteiger partial charge in [0, 0.05) is 46.8 Å². The zero-order valence-corrected chi connectivity index (χ0v) is 13.2. The van der Waals surface area contributed by atoms with Crippen LogP contribution in [0.4, 0.5) is 0 Å². The Morgan fingerprint density at radius 3 is 1.17 bits per heavy atom. The summed E-state index contributed by atoms with van der Waals surface area (Å²) in [4.78, 5) is 0. The maximum Gasteiger partial charge on any atom is 0 e. The molecule has 1 nitrogen and oxygen atoms in total. The van der Waals surface area contributed by atoms with Gasteiger partial charge < -0.3 is 0 Å².